The van der Waals surface area contributed by atoms with Crippen LogP contribution in [-0.4, -0.2) is 34.4 Å². The van der Waals surface area contributed by atoms with E-state index in [1.165, 1.54) is 0 Å². The second-order valence-electron chi connectivity index (χ2n) is 5.09. The summed E-state index contributed by atoms with van der Waals surface area (Å²) in [5.74, 6) is -0.179. The summed E-state index contributed by atoms with van der Waals surface area (Å²) in [6, 6.07) is 5.25. The van der Waals surface area contributed by atoms with Gasteiger partial charge in [-0.2, -0.15) is 0 Å². The lowest BCUT2D eigenvalue weighted by atomic mass is 10.1. The Morgan fingerprint density at radius 1 is 1.48 bits per heavy atom. The van der Waals surface area contributed by atoms with Crippen molar-refractivity contribution in [2.75, 3.05) is 6.54 Å². The highest BCUT2D eigenvalue weighted by Gasteiger charge is 2.29. The first-order valence-electron chi connectivity index (χ1n) is 6.75. The lowest BCUT2D eigenvalue weighted by Gasteiger charge is -2.29. The Kier molecular flexibility index (Phi) is 5.47. The molecule has 0 aliphatic heterocycles. The first-order chi connectivity index (χ1) is 10.0. The van der Waals surface area contributed by atoms with Crippen LogP contribution in [0.3, 0.4) is 0 Å². The van der Waals surface area contributed by atoms with E-state index in [-0.39, 0.29) is 24.3 Å². The summed E-state index contributed by atoms with van der Waals surface area (Å²) in [7, 11) is 0. The number of nitrogens with zero attached hydrogens (tertiary/aromatic N) is 2. The summed E-state index contributed by atoms with van der Waals surface area (Å²) in [4.78, 5) is 14.4. The Hall–Kier alpha value is -1.27. The normalized spacial score (nSPS) is 16.2. The van der Waals surface area contributed by atoms with Crippen LogP contribution in [0.5, 0.6) is 0 Å². The smallest absolute Gasteiger partial charge is 0.256 e. The Labute approximate surface area is 136 Å². The number of amides is 1. The van der Waals surface area contributed by atoms with Gasteiger partial charge in [0.1, 0.15) is 0 Å². The molecule has 0 bridgehead atoms. The fourth-order valence-corrected chi connectivity index (χ4v) is 3.16. The number of carbonyl (C=O) groups excluding carboxylic acids is 1. The van der Waals surface area contributed by atoms with Gasteiger partial charge in [0.05, 0.1) is 17.1 Å². The van der Waals surface area contributed by atoms with Crippen molar-refractivity contribution < 1.29 is 10.0 Å². The molecule has 0 spiro atoms. The van der Waals surface area contributed by atoms with Crippen molar-refractivity contribution in [2.24, 2.45) is 10.9 Å². The molecule has 0 unspecified atom stereocenters. The van der Waals surface area contributed by atoms with Crippen LogP contribution >= 0.6 is 27.5 Å². The van der Waals surface area contributed by atoms with Gasteiger partial charge in [-0.1, -0.05) is 45.5 Å². The van der Waals surface area contributed by atoms with Crippen LogP contribution in [0.4, 0.5) is 0 Å². The maximum absolute atomic E-state index is 12.8. The molecule has 0 heterocycles. The molecule has 1 saturated carbocycles. The van der Waals surface area contributed by atoms with Gasteiger partial charge in [0.2, 0.25) is 0 Å². The standard InChI is InChI=1S/C14H17BrClN3O2/c15-9-5-6-12(16)11(7-9)14(20)19(8-13(17)18-21)10-3-1-2-4-10/h5-7,10,21H,1-4,8H2,(H2,17,18). The van der Waals surface area contributed by atoms with Crippen LogP contribution in [0.2, 0.25) is 5.02 Å². The average molecular weight is 375 g/mol. The number of amidine groups is 1. The zero-order chi connectivity index (χ0) is 15.4. The van der Waals surface area contributed by atoms with Crippen molar-refractivity contribution in [3.05, 3.63) is 33.3 Å². The number of rotatable bonds is 4. The molecular formula is C14H17BrClN3O2. The summed E-state index contributed by atoms with van der Waals surface area (Å²) in [6.45, 7) is 0.100. The van der Waals surface area contributed by atoms with Crippen molar-refractivity contribution in [1.29, 1.82) is 0 Å². The molecule has 2 rings (SSSR count). The van der Waals surface area contributed by atoms with Gasteiger partial charge >= 0.3 is 0 Å². The van der Waals surface area contributed by atoms with Gasteiger partial charge in [-0.05, 0) is 31.0 Å². The van der Waals surface area contributed by atoms with Crippen LogP contribution in [0.1, 0.15) is 36.0 Å². The maximum Gasteiger partial charge on any atom is 0.256 e. The monoisotopic (exact) mass is 373 g/mol. The van der Waals surface area contributed by atoms with Crippen LogP contribution in [0.25, 0.3) is 0 Å². The molecule has 114 valence electrons. The number of halogens is 2. The number of benzene rings is 1. The summed E-state index contributed by atoms with van der Waals surface area (Å²) >= 11 is 9.48. The van der Waals surface area contributed by atoms with Gasteiger partial charge in [0.15, 0.2) is 5.84 Å². The van der Waals surface area contributed by atoms with E-state index in [1.807, 2.05) is 0 Å². The second-order valence-corrected chi connectivity index (χ2v) is 6.41. The van der Waals surface area contributed by atoms with Crippen LogP contribution in [0.15, 0.2) is 27.8 Å². The van der Waals surface area contributed by atoms with Crippen molar-refractivity contribution in [1.82, 2.24) is 4.90 Å². The van der Waals surface area contributed by atoms with Gasteiger partial charge in [-0.3, -0.25) is 4.79 Å². The van der Waals surface area contributed by atoms with Crippen molar-refractivity contribution in [3.63, 3.8) is 0 Å². The maximum atomic E-state index is 12.8. The molecular weight excluding hydrogens is 358 g/mol. The first kappa shape index (κ1) is 16.1. The summed E-state index contributed by atoms with van der Waals surface area (Å²) < 4.78 is 0.783. The summed E-state index contributed by atoms with van der Waals surface area (Å²) in [6.07, 6.45) is 4.01. The van der Waals surface area contributed by atoms with Gasteiger partial charge in [0, 0.05) is 10.5 Å². The molecule has 0 atom stereocenters. The minimum absolute atomic E-state index is 0.0152. The van der Waals surface area contributed by atoms with Gasteiger partial charge in [-0.15, -0.1) is 0 Å². The Morgan fingerprint density at radius 2 is 2.14 bits per heavy atom. The molecule has 3 N–H and O–H groups in total. The topological polar surface area (TPSA) is 78.9 Å². The molecule has 1 aliphatic carbocycles. The van der Waals surface area contributed by atoms with E-state index in [4.69, 9.17) is 22.5 Å². The first-order valence-corrected chi connectivity index (χ1v) is 7.92. The number of hydrogen-bond donors (Lipinski definition) is 2. The van der Waals surface area contributed by atoms with E-state index in [0.717, 1.165) is 30.2 Å². The molecule has 7 heteroatoms. The van der Waals surface area contributed by atoms with E-state index < -0.39 is 0 Å². The molecule has 5 nitrogen and oxygen atoms in total. The molecule has 1 aliphatic rings. The van der Waals surface area contributed by atoms with E-state index in [2.05, 4.69) is 21.1 Å². The highest BCUT2D eigenvalue weighted by atomic mass is 79.9. The molecule has 1 aromatic rings. The predicted octanol–water partition coefficient (Wildman–Crippen LogP) is 3.23. The lowest BCUT2D eigenvalue weighted by Crippen LogP contribution is -2.44. The second kappa shape index (κ2) is 7.13. The van der Waals surface area contributed by atoms with Crippen LogP contribution in [0, 0.1) is 0 Å². The fourth-order valence-electron chi connectivity index (χ4n) is 2.60. The van der Waals surface area contributed by atoms with Gasteiger partial charge in [0.25, 0.3) is 5.91 Å². The molecule has 0 aromatic heterocycles. The third-order valence-corrected chi connectivity index (χ3v) is 4.47. The Balaban J connectivity index is 2.30. The van der Waals surface area contributed by atoms with Crippen molar-refractivity contribution in [2.45, 2.75) is 31.7 Å². The molecule has 1 amide bonds. The van der Waals surface area contributed by atoms with Crippen molar-refractivity contribution in [3.8, 4) is 0 Å². The van der Waals surface area contributed by atoms with Gasteiger partial charge < -0.3 is 15.8 Å². The summed E-state index contributed by atoms with van der Waals surface area (Å²) in [5.41, 5.74) is 6.01. The number of nitrogens with two attached hydrogens (primary N) is 1. The highest BCUT2D eigenvalue weighted by molar-refractivity contribution is 9.10. The van der Waals surface area contributed by atoms with Crippen molar-refractivity contribution >= 4 is 39.3 Å². The van der Waals surface area contributed by atoms with E-state index in [1.54, 1.807) is 23.1 Å². The number of carbonyl (C=O) groups is 1. The van der Waals surface area contributed by atoms with E-state index >= 15 is 0 Å². The molecule has 21 heavy (non-hydrogen) atoms. The van der Waals surface area contributed by atoms with Gasteiger partial charge in [-0.25, -0.2) is 0 Å². The highest BCUT2D eigenvalue weighted by Crippen LogP contribution is 2.28. The minimum Gasteiger partial charge on any atom is -0.409 e. The molecule has 0 radical (unpaired) electrons. The zero-order valence-electron chi connectivity index (χ0n) is 11.4. The minimum atomic E-state index is -0.195. The summed E-state index contributed by atoms with van der Waals surface area (Å²) in [5, 5.41) is 12.1. The van der Waals surface area contributed by atoms with Crippen LogP contribution in [-0.2, 0) is 0 Å². The number of hydrogen-bond acceptors (Lipinski definition) is 3. The average Bonchev–Trinajstić information content (AvgIpc) is 3.00. The third-order valence-electron chi connectivity index (χ3n) is 3.65. The Bertz CT molecular complexity index is 559. The zero-order valence-corrected chi connectivity index (χ0v) is 13.8. The number of oxime groups is 1. The SMILES string of the molecule is NC(CN(C(=O)c1cc(Br)ccc1Cl)C1CCCC1)=NO. The molecule has 1 fully saturated rings. The van der Waals surface area contributed by atoms with E-state index in [9.17, 15) is 4.79 Å². The largest absolute Gasteiger partial charge is 0.409 e. The molecule has 0 saturated heterocycles. The molecule has 1 aromatic carbocycles. The predicted molar refractivity (Wildman–Crippen MR) is 85.9 cm³/mol. The lowest BCUT2D eigenvalue weighted by molar-refractivity contribution is 0.0712. The Morgan fingerprint density at radius 3 is 2.76 bits per heavy atom. The third kappa shape index (κ3) is 3.89. The fraction of sp³-hybridized carbons (Fsp3) is 0.429. The van der Waals surface area contributed by atoms with Crippen LogP contribution < -0.4 is 5.73 Å². The van der Waals surface area contributed by atoms with E-state index in [0.29, 0.717) is 10.6 Å². The quantitative estimate of drug-likeness (QED) is 0.367.